The van der Waals surface area contributed by atoms with E-state index in [1.807, 2.05) is 0 Å². The van der Waals surface area contributed by atoms with E-state index < -0.39 is 18.1 Å². The van der Waals surface area contributed by atoms with Crippen molar-refractivity contribution in [3.05, 3.63) is 42.2 Å². The summed E-state index contributed by atoms with van der Waals surface area (Å²) in [5.74, 6) is 0.105. The van der Waals surface area contributed by atoms with Crippen molar-refractivity contribution in [1.29, 1.82) is 0 Å². The number of esters is 1. The second-order valence-electron chi connectivity index (χ2n) is 5.49. The van der Waals surface area contributed by atoms with Crippen LogP contribution in [0.1, 0.15) is 12.3 Å². The van der Waals surface area contributed by atoms with Crippen molar-refractivity contribution >= 4 is 5.97 Å². The van der Waals surface area contributed by atoms with Crippen LogP contribution in [-0.2, 0) is 16.1 Å². The van der Waals surface area contributed by atoms with E-state index in [-0.39, 0.29) is 12.4 Å². The number of carbonyl (C=O) groups excluding carboxylic acids is 1. The molecule has 0 spiro atoms. The number of ether oxygens (including phenoxy) is 1. The van der Waals surface area contributed by atoms with Gasteiger partial charge in [0.2, 0.25) is 5.89 Å². The van der Waals surface area contributed by atoms with Gasteiger partial charge in [0.25, 0.3) is 0 Å². The molecular weight excluding hydrogens is 303 g/mol. The van der Waals surface area contributed by atoms with Gasteiger partial charge in [0.1, 0.15) is 11.9 Å². The first kappa shape index (κ1) is 15.6. The predicted molar refractivity (Wildman–Crippen MR) is 78.7 cm³/mol. The Morgan fingerprint density at radius 1 is 1.57 bits per heavy atom. The number of aromatic nitrogens is 1. The maximum Gasteiger partial charge on any atom is 0.323 e. The van der Waals surface area contributed by atoms with Gasteiger partial charge in [-0.15, -0.1) is 0 Å². The Kier molecular flexibility index (Phi) is 4.40. The van der Waals surface area contributed by atoms with Crippen molar-refractivity contribution in [2.45, 2.75) is 25.1 Å². The van der Waals surface area contributed by atoms with E-state index in [1.165, 1.54) is 25.4 Å². The van der Waals surface area contributed by atoms with Crippen LogP contribution in [0.15, 0.2) is 34.9 Å². The summed E-state index contributed by atoms with van der Waals surface area (Å²) in [6.45, 7) is 0.615. The highest BCUT2D eigenvalue weighted by Gasteiger charge is 2.37. The van der Waals surface area contributed by atoms with Gasteiger partial charge < -0.3 is 14.3 Å². The van der Waals surface area contributed by atoms with E-state index in [2.05, 4.69) is 4.98 Å². The molecule has 6 nitrogen and oxygen atoms in total. The summed E-state index contributed by atoms with van der Waals surface area (Å²) in [6.07, 6.45) is 1.25. The molecule has 1 saturated heterocycles. The van der Waals surface area contributed by atoms with Gasteiger partial charge in [0.15, 0.2) is 5.76 Å². The highest BCUT2D eigenvalue weighted by atomic mass is 19.1. The summed E-state index contributed by atoms with van der Waals surface area (Å²) < 4.78 is 23.6. The van der Waals surface area contributed by atoms with Gasteiger partial charge in [0.05, 0.1) is 26.0 Å². The molecular formula is C16H17FN2O4. The van der Waals surface area contributed by atoms with Crippen molar-refractivity contribution in [1.82, 2.24) is 9.88 Å². The molecule has 7 heteroatoms. The quantitative estimate of drug-likeness (QED) is 0.862. The molecule has 1 N–H and O–H groups in total. The molecule has 1 fully saturated rings. The first-order valence-corrected chi connectivity index (χ1v) is 7.27. The van der Waals surface area contributed by atoms with Gasteiger partial charge in [-0.3, -0.25) is 9.69 Å². The molecule has 1 aliphatic heterocycles. The lowest BCUT2D eigenvalue weighted by Gasteiger charge is -2.19. The highest BCUT2D eigenvalue weighted by molar-refractivity contribution is 5.76. The molecule has 0 radical (unpaired) electrons. The van der Waals surface area contributed by atoms with Crippen LogP contribution in [0.3, 0.4) is 0 Å². The number of β-amino-alcohol motifs (C(OH)–C–C–N with tert-alkyl or cyclic N) is 1. The summed E-state index contributed by atoms with van der Waals surface area (Å²) in [5.41, 5.74) is 0.592. The third-order valence-electron chi connectivity index (χ3n) is 3.86. The first-order chi connectivity index (χ1) is 11.1. The molecule has 1 aromatic heterocycles. The van der Waals surface area contributed by atoms with Crippen LogP contribution in [0.5, 0.6) is 0 Å². The smallest absolute Gasteiger partial charge is 0.323 e. The number of hydrogen-bond donors (Lipinski definition) is 1. The van der Waals surface area contributed by atoms with Crippen molar-refractivity contribution in [2.75, 3.05) is 13.7 Å². The molecule has 3 rings (SSSR count). The van der Waals surface area contributed by atoms with E-state index in [4.69, 9.17) is 9.15 Å². The first-order valence-electron chi connectivity index (χ1n) is 7.27. The minimum atomic E-state index is -0.586. The summed E-state index contributed by atoms with van der Waals surface area (Å²) in [6, 6.07) is 5.52. The van der Waals surface area contributed by atoms with Crippen LogP contribution < -0.4 is 0 Å². The number of methoxy groups -OCH3 is 1. The molecule has 0 amide bonds. The largest absolute Gasteiger partial charge is 0.468 e. The normalized spacial score (nSPS) is 21.5. The van der Waals surface area contributed by atoms with E-state index in [0.717, 1.165) is 0 Å². The Labute approximate surface area is 132 Å². The van der Waals surface area contributed by atoms with Crippen molar-refractivity contribution in [2.24, 2.45) is 0 Å². The average Bonchev–Trinajstić information content (AvgIpc) is 3.14. The van der Waals surface area contributed by atoms with Crippen LogP contribution in [0.25, 0.3) is 11.3 Å². The Bertz CT molecular complexity index is 703. The molecule has 122 valence electrons. The molecule has 0 aliphatic carbocycles. The maximum atomic E-state index is 13.3. The van der Waals surface area contributed by atoms with Crippen LogP contribution in [0.4, 0.5) is 4.39 Å². The average molecular weight is 320 g/mol. The van der Waals surface area contributed by atoms with Crippen molar-refractivity contribution < 1.29 is 23.4 Å². The second-order valence-corrected chi connectivity index (χ2v) is 5.49. The fourth-order valence-corrected chi connectivity index (χ4v) is 2.77. The van der Waals surface area contributed by atoms with Gasteiger partial charge in [-0.1, -0.05) is 12.1 Å². The highest BCUT2D eigenvalue weighted by Crippen LogP contribution is 2.25. The second kappa shape index (κ2) is 6.47. The maximum absolute atomic E-state index is 13.3. The Hall–Kier alpha value is -2.25. The minimum Gasteiger partial charge on any atom is -0.468 e. The van der Waals surface area contributed by atoms with E-state index >= 15 is 0 Å². The van der Waals surface area contributed by atoms with Crippen LogP contribution >= 0.6 is 0 Å². The lowest BCUT2D eigenvalue weighted by atomic mass is 10.2. The number of rotatable bonds is 4. The van der Waals surface area contributed by atoms with Crippen LogP contribution in [0, 0.1) is 5.82 Å². The monoisotopic (exact) mass is 320 g/mol. The molecule has 1 aliphatic rings. The zero-order chi connectivity index (χ0) is 16.4. The van der Waals surface area contributed by atoms with E-state index in [0.29, 0.717) is 30.2 Å². The number of halogens is 1. The molecule has 0 unspecified atom stereocenters. The van der Waals surface area contributed by atoms with Crippen molar-refractivity contribution in [3.63, 3.8) is 0 Å². The fourth-order valence-electron chi connectivity index (χ4n) is 2.77. The number of nitrogens with zero attached hydrogens (tertiary/aromatic N) is 2. The Balaban J connectivity index is 1.75. The lowest BCUT2D eigenvalue weighted by molar-refractivity contribution is -0.146. The third-order valence-corrected chi connectivity index (χ3v) is 3.86. The summed E-state index contributed by atoms with van der Waals surface area (Å²) in [4.78, 5) is 17.7. The molecule has 2 atom stereocenters. The van der Waals surface area contributed by atoms with E-state index in [9.17, 15) is 14.3 Å². The number of likely N-dealkylation sites (tertiary alicyclic amines) is 1. The predicted octanol–water partition coefficient (Wildman–Crippen LogP) is 1.59. The number of aliphatic hydroxyl groups excluding tert-OH is 1. The number of benzene rings is 1. The molecule has 1 aromatic carbocycles. The molecule has 2 aromatic rings. The SMILES string of the molecule is COC(=O)[C@@H]1C[C@@H](O)CN1Cc1ncc(-c2cccc(F)c2)o1. The third kappa shape index (κ3) is 3.40. The summed E-state index contributed by atoms with van der Waals surface area (Å²) in [7, 11) is 1.32. The van der Waals surface area contributed by atoms with Gasteiger partial charge in [-0.2, -0.15) is 0 Å². The molecule has 23 heavy (non-hydrogen) atoms. The zero-order valence-corrected chi connectivity index (χ0v) is 12.6. The Morgan fingerprint density at radius 3 is 3.13 bits per heavy atom. The van der Waals surface area contributed by atoms with Crippen LogP contribution in [-0.4, -0.2) is 46.8 Å². The fraction of sp³-hybridized carbons (Fsp3) is 0.375. The van der Waals surface area contributed by atoms with Gasteiger partial charge in [-0.05, 0) is 12.1 Å². The van der Waals surface area contributed by atoms with E-state index in [1.54, 1.807) is 17.0 Å². The lowest BCUT2D eigenvalue weighted by Crippen LogP contribution is -2.36. The topological polar surface area (TPSA) is 75.8 Å². The van der Waals surface area contributed by atoms with Gasteiger partial charge >= 0.3 is 5.97 Å². The van der Waals surface area contributed by atoms with Crippen LogP contribution in [0.2, 0.25) is 0 Å². The summed E-state index contributed by atoms with van der Waals surface area (Å²) >= 11 is 0. The number of oxazole rings is 1. The van der Waals surface area contributed by atoms with Gasteiger partial charge in [0, 0.05) is 18.5 Å². The molecule has 2 heterocycles. The Morgan fingerprint density at radius 2 is 2.39 bits per heavy atom. The number of hydrogen-bond acceptors (Lipinski definition) is 6. The number of aliphatic hydroxyl groups is 1. The van der Waals surface area contributed by atoms with Gasteiger partial charge in [-0.25, -0.2) is 9.37 Å². The molecule has 0 bridgehead atoms. The summed E-state index contributed by atoms with van der Waals surface area (Å²) in [5, 5.41) is 9.76. The standard InChI is InChI=1S/C16H17FN2O4/c1-22-16(21)13-6-12(20)8-19(13)9-15-18-7-14(23-15)10-3-2-4-11(17)5-10/h2-5,7,12-13,20H,6,8-9H2,1H3/t12-,13+/m1/s1. The molecule has 0 saturated carbocycles. The van der Waals surface area contributed by atoms with Crippen molar-refractivity contribution in [3.8, 4) is 11.3 Å². The zero-order valence-electron chi connectivity index (χ0n) is 12.6. The number of carbonyl (C=O) groups is 1. The minimum absolute atomic E-state index is 0.270.